The number of rotatable bonds is 8. The van der Waals surface area contributed by atoms with Crippen LogP contribution in [0.3, 0.4) is 0 Å². The number of nitro benzene ring substituents is 1. The second-order valence-electron chi connectivity index (χ2n) is 9.54. The second-order valence-corrected chi connectivity index (χ2v) is 10.4. The number of nitrogens with zero attached hydrogens (tertiary/aromatic N) is 4. The van der Waals surface area contributed by atoms with Crippen molar-refractivity contribution in [3.63, 3.8) is 0 Å². The summed E-state index contributed by atoms with van der Waals surface area (Å²) in [7, 11) is 0. The molecule has 11 nitrogen and oxygen atoms in total. The molecule has 5 N–H and O–H groups in total. The summed E-state index contributed by atoms with van der Waals surface area (Å²) >= 11 is 3.39. The van der Waals surface area contributed by atoms with Crippen LogP contribution in [0.15, 0.2) is 65.5 Å². The Morgan fingerprint density at radius 2 is 1.95 bits per heavy atom. The summed E-state index contributed by atoms with van der Waals surface area (Å²) in [5, 5.41) is 37.0. The van der Waals surface area contributed by atoms with E-state index in [9.17, 15) is 25.1 Å². The van der Waals surface area contributed by atoms with Crippen molar-refractivity contribution in [2.45, 2.75) is 37.5 Å². The predicted molar refractivity (Wildman–Crippen MR) is 148 cm³/mol. The highest BCUT2D eigenvalue weighted by Crippen LogP contribution is 2.34. The molecule has 1 fully saturated rings. The van der Waals surface area contributed by atoms with Crippen LogP contribution in [0.2, 0.25) is 0 Å². The average molecular weight is 593 g/mol. The van der Waals surface area contributed by atoms with Gasteiger partial charge in [-0.05, 0) is 64.9 Å². The SMILES string of the molecule is Nc1nc2cc(CC[C@H]3C[C@@H](Nc4ncncc4C(=O)c4ccccc4[N+](=O)[O-])[C@H](O)[C@@H]3O)ccc2cc1Br. The summed E-state index contributed by atoms with van der Waals surface area (Å²) in [4.78, 5) is 36.5. The van der Waals surface area contributed by atoms with Gasteiger partial charge >= 0.3 is 0 Å². The Bertz CT molecular complexity index is 1570. The molecule has 0 saturated heterocycles. The maximum atomic E-state index is 13.2. The van der Waals surface area contributed by atoms with E-state index >= 15 is 0 Å². The molecule has 1 aliphatic carbocycles. The number of aliphatic hydroxyl groups is 2. The number of fused-ring (bicyclic) bond motifs is 1. The van der Waals surface area contributed by atoms with Gasteiger partial charge in [-0.15, -0.1) is 0 Å². The first-order valence-corrected chi connectivity index (χ1v) is 13.1. The number of hydrogen-bond donors (Lipinski definition) is 4. The maximum absolute atomic E-state index is 13.2. The third-order valence-corrected chi connectivity index (χ3v) is 7.73. The zero-order valence-corrected chi connectivity index (χ0v) is 22.2. The lowest BCUT2D eigenvalue weighted by atomic mass is 9.95. The number of aryl methyl sites for hydroxylation is 1. The van der Waals surface area contributed by atoms with Crippen molar-refractivity contribution in [1.29, 1.82) is 0 Å². The number of ketones is 1. The lowest BCUT2D eigenvalue weighted by Crippen LogP contribution is -2.35. The van der Waals surface area contributed by atoms with E-state index in [0.29, 0.717) is 25.1 Å². The molecule has 2 aromatic heterocycles. The summed E-state index contributed by atoms with van der Waals surface area (Å²) < 4.78 is 0.736. The molecule has 200 valence electrons. The fraction of sp³-hybridized carbons (Fsp3) is 0.259. The molecule has 4 aromatic rings. The first-order valence-electron chi connectivity index (χ1n) is 12.3. The van der Waals surface area contributed by atoms with E-state index in [1.165, 1.54) is 36.8 Å². The summed E-state index contributed by atoms with van der Waals surface area (Å²) in [5.41, 5.74) is 7.34. The molecule has 0 radical (unpaired) electrons. The van der Waals surface area contributed by atoms with Crippen molar-refractivity contribution in [1.82, 2.24) is 15.0 Å². The number of carbonyl (C=O) groups excluding carboxylic acids is 1. The smallest absolute Gasteiger partial charge is 0.280 e. The topological polar surface area (TPSA) is 177 Å². The van der Waals surface area contributed by atoms with E-state index in [1.54, 1.807) is 0 Å². The third-order valence-electron chi connectivity index (χ3n) is 7.09. The monoisotopic (exact) mass is 592 g/mol. The summed E-state index contributed by atoms with van der Waals surface area (Å²) in [6.45, 7) is 0. The minimum atomic E-state index is -1.10. The number of aliphatic hydroxyl groups excluding tert-OH is 2. The molecule has 12 heteroatoms. The number of nitrogens with two attached hydrogens (primary N) is 1. The van der Waals surface area contributed by atoms with Crippen molar-refractivity contribution >= 4 is 49.9 Å². The highest BCUT2D eigenvalue weighted by Gasteiger charge is 2.41. The van der Waals surface area contributed by atoms with Crippen LogP contribution in [0.25, 0.3) is 10.9 Å². The lowest BCUT2D eigenvalue weighted by Gasteiger charge is -2.19. The normalized spacial score (nSPS) is 20.7. The van der Waals surface area contributed by atoms with Gasteiger partial charge in [0, 0.05) is 17.6 Å². The van der Waals surface area contributed by atoms with Gasteiger partial charge in [0.1, 0.15) is 29.6 Å². The molecule has 2 heterocycles. The zero-order chi connectivity index (χ0) is 27.7. The van der Waals surface area contributed by atoms with Gasteiger partial charge in [0.2, 0.25) is 5.78 Å². The molecule has 0 bridgehead atoms. The Morgan fingerprint density at radius 1 is 1.15 bits per heavy atom. The number of halogens is 1. The first-order chi connectivity index (χ1) is 18.7. The van der Waals surface area contributed by atoms with Crippen LogP contribution in [-0.2, 0) is 6.42 Å². The number of nitrogens with one attached hydrogen (secondary N) is 1. The highest BCUT2D eigenvalue weighted by atomic mass is 79.9. The first kappa shape index (κ1) is 26.6. The number of benzene rings is 2. The van der Waals surface area contributed by atoms with E-state index in [2.05, 4.69) is 36.2 Å². The quantitative estimate of drug-likeness (QED) is 0.134. The Labute approximate surface area is 231 Å². The van der Waals surface area contributed by atoms with Crippen LogP contribution in [0.5, 0.6) is 0 Å². The third kappa shape index (κ3) is 5.44. The largest absolute Gasteiger partial charge is 0.390 e. The molecule has 0 amide bonds. The standard InChI is InChI=1S/C27H25BrN6O5/c28-19-10-15-7-5-14(9-20(15)32-26(19)29)6-8-16-11-21(25(37)23(16)35)33-27-18(12-30-13-31-27)24(36)17-3-1-2-4-22(17)34(38)39/h1-5,7,9-10,12-13,16,21,23,25,35,37H,6,8,11H2,(H2,29,32)(H,30,31,33)/t16-,21+,23+,25-/m0/s1. The fourth-order valence-corrected chi connectivity index (χ4v) is 5.36. The van der Waals surface area contributed by atoms with E-state index in [4.69, 9.17) is 5.73 Å². The number of anilines is 2. The molecule has 0 aliphatic heterocycles. The van der Waals surface area contributed by atoms with Crippen LogP contribution >= 0.6 is 15.9 Å². The van der Waals surface area contributed by atoms with Crippen molar-refractivity contribution in [3.05, 3.63) is 92.3 Å². The number of carbonyl (C=O) groups is 1. The minimum absolute atomic E-state index is 0.0338. The number of aromatic nitrogens is 3. The molecular formula is C27H25BrN6O5. The van der Waals surface area contributed by atoms with Crippen molar-refractivity contribution < 1.29 is 19.9 Å². The van der Waals surface area contributed by atoms with Crippen molar-refractivity contribution in [3.8, 4) is 0 Å². The molecule has 0 unspecified atom stereocenters. The molecule has 5 rings (SSSR count). The van der Waals surface area contributed by atoms with Gasteiger partial charge in [-0.2, -0.15) is 0 Å². The van der Waals surface area contributed by atoms with Crippen LogP contribution in [-0.4, -0.2) is 54.1 Å². The molecule has 39 heavy (non-hydrogen) atoms. The van der Waals surface area contributed by atoms with Crippen molar-refractivity contribution in [2.75, 3.05) is 11.1 Å². The average Bonchev–Trinajstić information content (AvgIpc) is 3.20. The van der Waals surface area contributed by atoms with Crippen LogP contribution in [0.1, 0.15) is 34.3 Å². The number of para-hydroxylation sites is 1. The summed E-state index contributed by atoms with van der Waals surface area (Å²) in [6.07, 6.45) is 2.13. The number of hydrogen-bond acceptors (Lipinski definition) is 10. The Kier molecular flexibility index (Phi) is 7.51. The molecule has 1 saturated carbocycles. The zero-order valence-electron chi connectivity index (χ0n) is 20.6. The van der Waals surface area contributed by atoms with Crippen LogP contribution < -0.4 is 11.1 Å². The van der Waals surface area contributed by atoms with Crippen LogP contribution in [0, 0.1) is 16.0 Å². The molecule has 1 aliphatic rings. The van der Waals surface area contributed by atoms with E-state index in [1.807, 2.05) is 24.3 Å². The maximum Gasteiger partial charge on any atom is 0.280 e. The molecule has 4 atom stereocenters. The molecule has 0 spiro atoms. The van der Waals surface area contributed by atoms with Gasteiger partial charge in [-0.3, -0.25) is 14.9 Å². The predicted octanol–water partition coefficient (Wildman–Crippen LogP) is 3.66. The van der Waals surface area contributed by atoms with Gasteiger partial charge in [-0.1, -0.05) is 24.3 Å². The Hall–Kier alpha value is -4.00. The van der Waals surface area contributed by atoms with Gasteiger partial charge in [0.25, 0.3) is 5.69 Å². The number of pyridine rings is 1. The molecular weight excluding hydrogens is 568 g/mol. The van der Waals surface area contributed by atoms with E-state index < -0.39 is 29.0 Å². The highest BCUT2D eigenvalue weighted by molar-refractivity contribution is 9.10. The Morgan fingerprint density at radius 3 is 2.74 bits per heavy atom. The number of nitro groups is 1. The lowest BCUT2D eigenvalue weighted by molar-refractivity contribution is -0.385. The fourth-order valence-electron chi connectivity index (χ4n) is 5.02. The van der Waals surface area contributed by atoms with Gasteiger partial charge < -0.3 is 21.3 Å². The Balaban J connectivity index is 1.30. The second kappa shape index (κ2) is 11.0. The minimum Gasteiger partial charge on any atom is -0.390 e. The summed E-state index contributed by atoms with van der Waals surface area (Å²) in [5.74, 6) is -0.290. The summed E-state index contributed by atoms with van der Waals surface area (Å²) in [6, 6.07) is 12.9. The van der Waals surface area contributed by atoms with E-state index in [-0.39, 0.29) is 28.6 Å². The molecule has 2 aromatic carbocycles. The van der Waals surface area contributed by atoms with Gasteiger partial charge in [0.15, 0.2) is 0 Å². The number of nitrogen functional groups attached to an aromatic ring is 1. The van der Waals surface area contributed by atoms with Crippen LogP contribution in [0.4, 0.5) is 17.3 Å². The van der Waals surface area contributed by atoms with Crippen molar-refractivity contribution in [2.24, 2.45) is 5.92 Å². The van der Waals surface area contributed by atoms with Gasteiger partial charge in [-0.25, -0.2) is 15.0 Å². The van der Waals surface area contributed by atoms with Gasteiger partial charge in [0.05, 0.1) is 32.6 Å². The van der Waals surface area contributed by atoms with E-state index in [0.717, 1.165) is 20.9 Å².